The highest BCUT2D eigenvalue weighted by molar-refractivity contribution is 5.76. The molecule has 0 saturated carbocycles. The van der Waals surface area contributed by atoms with Gasteiger partial charge in [-0.15, -0.1) is 0 Å². The van der Waals surface area contributed by atoms with Crippen LogP contribution in [0.4, 0.5) is 0 Å². The lowest BCUT2D eigenvalue weighted by Crippen LogP contribution is -2.36. The number of nitrogens with one attached hydrogen (secondary N) is 1. The maximum Gasteiger partial charge on any atom is 0.220 e. The van der Waals surface area contributed by atoms with E-state index in [0.29, 0.717) is 30.6 Å². The summed E-state index contributed by atoms with van der Waals surface area (Å²) in [5.41, 5.74) is 2.35. The fraction of sp³-hybridized carbons (Fsp3) is 0.524. The summed E-state index contributed by atoms with van der Waals surface area (Å²) in [6, 6.07) is 8.59. The molecule has 0 unspecified atom stereocenters. The van der Waals surface area contributed by atoms with Gasteiger partial charge in [0, 0.05) is 24.4 Å². The van der Waals surface area contributed by atoms with Crippen LogP contribution in [-0.4, -0.2) is 16.9 Å². The van der Waals surface area contributed by atoms with Crippen molar-refractivity contribution in [1.29, 1.82) is 0 Å². The minimum Gasteiger partial charge on any atom is -0.441 e. The van der Waals surface area contributed by atoms with Gasteiger partial charge in [0.15, 0.2) is 11.7 Å². The standard InChI is InChI=1S/C21H30N2O2/c1-14(2)12-17-6-8-18(9-7-17)19-13-22-21(25-19)11-10-20(24)23-16(5)15(3)4/h6-9,13-16H,10-12H2,1-5H3,(H,23,24)/t16-/m1/s1. The van der Waals surface area contributed by atoms with E-state index in [-0.39, 0.29) is 11.9 Å². The van der Waals surface area contributed by atoms with Crippen molar-refractivity contribution in [3.8, 4) is 11.3 Å². The van der Waals surface area contributed by atoms with E-state index >= 15 is 0 Å². The Bertz CT molecular complexity index is 671. The van der Waals surface area contributed by atoms with Crippen LogP contribution in [0.5, 0.6) is 0 Å². The van der Waals surface area contributed by atoms with E-state index in [1.807, 2.05) is 6.92 Å². The number of nitrogens with zero attached hydrogens (tertiary/aromatic N) is 1. The molecule has 0 bridgehead atoms. The molecule has 0 aliphatic heterocycles. The summed E-state index contributed by atoms with van der Waals surface area (Å²) in [6.45, 7) is 10.6. The van der Waals surface area contributed by atoms with Crippen LogP contribution < -0.4 is 5.32 Å². The Balaban J connectivity index is 1.90. The molecule has 136 valence electrons. The van der Waals surface area contributed by atoms with Gasteiger partial charge >= 0.3 is 0 Å². The number of aryl methyl sites for hydroxylation is 1. The van der Waals surface area contributed by atoms with Gasteiger partial charge in [-0.2, -0.15) is 0 Å². The quantitative estimate of drug-likeness (QED) is 0.761. The molecule has 0 aliphatic rings. The minimum atomic E-state index is 0.0407. The molecule has 1 amide bonds. The number of rotatable bonds is 8. The summed E-state index contributed by atoms with van der Waals surface area (Å²) >= 11 is 0. The normalized spacial score (nSPS) is 12.6. The van der Waals surface area contributed by atoms with E-state index in [0.717, 1.165) is 17.7 Å². The van der Waals surface area contributed by atoms with Crippen molar-refractivity contribution in [2.24, 2.45) is 11.8 Å². The number of benzene rings is 1. The van der Waals surface area contributed by atoms with Gasteiger partial charge in [0.05, 0.1) is 6.20 Å². The van der Waals surface area contributed by atoms with E-state index in [1.165, 1.54) is 5.56 Å². The molecule has 1 heterocycles. The topological polar surface area (TPSA) is 55.1 Å². The van der Waals surface area contributed by atoms with Gasteiger partial charge in [-0.05, 0) is 30.7 Å². The predicted molar refractivity (Wildman–Crippen MR) is 101 cm³/mol. The Morgan fingerprint density at radius 1 is 1.12 bits per heavy atom. The second-order valence-electron chi connectivity index (χ2n) is 7.51. The number of hydrogen-bond acceptors (Lipinski definition) is 3. The van der Waals surface area contributed by atoms with Crippen LogP contribution in [0.15, 0.2) is 34.9 Å². The zero-order valence-electron chi connectivity index (χ0n) is 16.0. The molecule has 25 heavy (non-hydrogen) atoms. The summed E-state index contributed by atoms with van der Waals surface area (Å²) in [7, 11) is 0. The third kappa shape index (κ3) is 6.04. The van der Waals surface area contributed by atoms with Gasteiger partial charge in [0.25, 0.3) is 0 Å². The van der Waals surface area contributed by atoms with E-state index in [9.17, 15) is 4.79 Å². The average Bonchev–Trinajstić information content (AvgIpc) is 3.02. The van der Waals surface area contributed by atoms with E-state index in [4.69, 9.17) is 4.42 Å². The smallest absolute Gasteiger partial charge is 0.220 e. The molecule has 1 aromatic heterocycles. The molecule has 0 fully saturated rings. The Kier molecular flexibility index (Phi) is 6.80. The number of carbonyl (C=O) groups is 1. The maximum atomic E-state index is 12.0. The molecule has 4 heteroatoms. The van der Waals surface area contributed by atoms with Crippen molar-refractivity contribution in [1.82, 2.24) is 10.3 Å². The Hall–Kier alpha value is -2.10. The lowest BCUT2D eigenvalue weighted by molar-refractivity contribution is -0.122. The summed E-state index contributed by atoms with van der Waals surface area (Å²) in [5.74, 6) is 2.47. The lowest BCUT2D eigenvalue weighted by Gasteiger charge is -2.16. The molecular formula is C21H30N2O2. The second kappa shape index (κ2) is 8.84. The fourth-order valence-electron chi connectivity index (χ4n) is 2.55. The molecule has 1 aromatic carbocycles. The van der Waals surface area contributed by atoms with Crippen molar-refractivity contribution in [2.75, 3.05) is 0 Å². The van der Waals surface area contributed by atoms with Crippen LogP contribution in [0.2, 0.25) is 0 Å². The van der Waals surface area contributed by atoms with Gasteiger partial charge in [-0.1, -0.05) is 52.0 Å². The molecule has 0 aliphatic carbocycles. The SMILES string of the molecule is CC(C)Cc1ccc(-c2cnc(CCC(=O)N[C@H](C)C(C)C)o2)cc1. The third-order valence-corrected chi connectivity index (χ3v) is 4.39. The van der Waals surface area contributed by atoms with E-state index in [2.05, 4.69) is 62.3 Å². The Morgan fingerprint density at radius 3 is 2.40 bits per heavy atom. The maximum absolute atomic E-state index is 12.0. The first-order valence-corrected chi connectivity index (χ1v) is 9.18. The highest BCUT2D eigenvalue weighted by Crippen LogP contribution is 2.22. The number of amides is 1. The van der Waals surface area contributed by atoms with Crippen LogP contribution >= 0.6 is 0 Å². The molecule has 1 N–H and O–H groups in total. The summed E-state index contributed by atoms with van der Waals surface area (Å²) in [4.78, 5) is 16.3. The highest BCUT2D eigenvalue weighted by Gasteiger charge is 2.13. The average molecular weight is 342 g/mol. The number of carbonyl (C=O) groups excluding carboxylic acids is 1. The monoisotopic (exact) mass is 342 g/mol. The number of aromatic nitrogens is 1. The van der Waals surface area contributed by atoms with Crippen LogP contribution in [-0.2, 0) is 17.6 Å². The molecule has 0 saturated heterocycles. The molecular weight excluding hydrogens is 312 g/mol. The van der Waals surface area contributed by atoms with Gasteiger partial charge in [0.2, 0.25) is 5.91 Å². The van der Waals surface area contributed by atoms with Gasteiger partial charge in [0.1, 0.15) is 0 Å². The van der Waals surface area contributed by atoms with Crippen molar-refractivity contribution in [2.45, 2.75) is 59.9 Å². The summed E-state index contributed by atoms with van der Waals surface area (Å²) in [5, 5.41) is 3.00. The first kappa shape index (κ1) is 19.2. The zero-order valence-corrected chi connectivity index (χ0v) is 16.0. The van der Waals surface area contributed by atoms with Gasteiger partial charge in [-0.3, -0.25) is 4.79 Å². The molecule has 4 nitrogen and oxygen atoms in total. The largest absolute Gasteiger partial charge is 0.441 e. The van der Waals surface area contributed by atoms with Crippen molar-refractivity contribution < 1.29 is 9.21 Å². The van der Waals surface area contributed by atoms with Gasteiger partial charge < -0.3 is 9.73 Å². The predicted octanol–water partition coefficient (Wildman–Crippen LogP) is 4.63. The fourth-order valence-corrected chi connectivity index (χ4v) is 2.55. The Morgan fingerprint density at radius 2 is 1.80 bits per heavy atom. The van der Waals surface area contributed by atoms with Crippen LogP contribution in [0.25, 0.3) is 11.3 Å². The van der Waals surface area contributed by atoms with Crippen molar-refractivity contribution in [3.63, 3.8) is 0 Å². The number of oxazole rings is 1. The van der Waals surface area contributed by atoms with E-state index in [1.54, 1.807) is 6.20 Å². The third-order valence-electron chi connectivity index (χ3n) is 4.39. The summed E-state index contributed by atoms with van der Waals surface area (Å²) < 4.78 is 5.80. The number of hydrogen-bond donors (Lipinski definition) is 1. The molecule has 0 radical (unpaired) electrons. The highest BCUT2D eigenvalue weighted by atomic mass is 16.4. The zero-order chi connectivity index (χ0) is 18.4. The van der Waals surface area contributed by atoms with Crippen LogP contribution in [0, 0.1) is 11.8 Å². The molecule has 1 atom stereocenters. The first-order chi connectivity index (χ1) is 11.8. The second-order valence-corrected chi connectivity index (χ2v) is 7.51. The van der Waals surface area contributed by atoms with E-state index < -0.39 is 0 Å². The minimum absolute atomic E-state index is 0.0407. The van der Waals surface area contributed by atoms with Crippen molar-refractivity contribution in [3.05, 3.63) is 41.9 Å². The van der Waals surface area contributed by atoms with Crippen LogP contribution in [0.3, 0.4) is 0 Å². The van der Waals surface area contributed by atoms with Gasteiger partial charge in [-0.25, -0.2) is 4.98 Å². The van der Waals surface area contributed by atoms with Crippen molar-refractivity contribution >= 4 is 5.91 Å². The summed E-state index contributed by atoms with van der Waals surface area (Å²) in [6.07, 6.45) is 3.72. The molecule has 2 aromatic rings. The molecule has 2 rings (SSSR count). The first-order valence-electron chi connectivity index (χ1n) is 9.18. The van der Waals surface area contributed by atoms with Crippen LogP contribution in [0.1, 0.15) is 52.5 Å². The lowest BCUT2D eigenvalue weighted by atomic mass is 10.0. The Labute approximate surface area is 151 Å². The molecule has 0 spiro atoms.